The molecule has 1 aliphatic rings. The Morgan fingerprint density at radius 2 is 1.42 bits per heavy atom. The van der Waals surface area contributed by atoms with Gasteiger partial charge in [-0.1, -0.05) is 71.3 Å². The van der Waals surface area contributed by atoms with Crippen molar-refractivity contribution >= 4 is 6.29 Å². The van der Waals surface area contributed by atoms with Gasteiger partial charge in [-0.05, 0) is 58.2 Å². The van der Waals surface area contributed by atoms with Crippen LogP contribution in [0.3, 0.4) is 0 Å². The van der Waals surface area contributed by atoms with Gasteiger partial charge in [0, 0.05) is 6.04 Å². The van der Waals surface area contributed by atoms with Gasteiger partial charge in [-0.2, -0.15) is 0 Å². The summed E-state index contributed by atoms with van der Waals surface area (Å²) in [5.74, 6) is 1.05. The van der Waals surface area contributed by atoms with Crippen molar-refractivity contribution in [3.63, 3.8) is 0 Å². The number of carbonyl (C=O) groups excluding carboxylic acids is 1. The predicted octanol–water partition coefficient (Wildman–Crippen LogP) is 6.40. The average Bonchev–Trinajstić information content (AvgIpc) is 2.58. The Balaban J connectivity index is 0.000000922. The van der Waals surface area contributed by atoms with Crippen molar-refractivity contribution < 1.29 is 4.79 Å². The molecule has 0 aromatic heterocycles. The molecule has 0 spiro atoms. The molecule has 0 aromatic carbocycles. The molecular weight excluding hydrogens is 294 g/mol. The zero-order valence-corrected chi connectivity index (χ0v) is 17.0. The van der Waals surface area contributed by atoms with E-state index in [4.69, 9.17) is 0 Å². The molecule has 0 radical (unpaired) electrons. The lowest BCUT2D eigenvalue weighted by molar-refractivity contribution is -0.104. The molecule has 1 aliphatic carbocycles. The Labute approximate surface area is 152 Å². The van der Waals surface area contributed by atoms with E-state index >= 15 is 0 Å². The number of rotatable bonds is 11. The number of carbonyl (C=O) groups is 1. The first-order valence-electron chi connectivity index (χ1n) is 10.3. The second-order valence-corrected chi connectivity index (χ2v) is 7.87. The first-order chi connectivity index (χ1) is 11.5. The van der Waals surface area contributed by atoms with Crippen LogP contribution < -0.4 is 0 Å². The number of unbranched alkanes of at least 4 members (excludes halogenated alkanes) is 7. The molecular formula is C22H43NO. The normalized spacial score (nSPS) is 20.4. The molecule has 2 heteroatoms. The molecule has 2 nitrogen and oxygen atoms in total. The van der Waals surface area contributed by atoms with E-state index in [2.05, 4.69) is 32.5 Å². The van der Waals surface area contributed by atoms with Crippen molar-refractivity contribution in [3.05, 3.63) is 12.2 Å². The average molecular weight is 338 g/mol. The fourth-order valence-corrected chi connectivity index (χ4v) is 3.52. The fourth-order valence-electron chi connectivity index (χ4n) is 3.52. The quantitative estimate of drug-likeness (QED) is 0.247. The lowest BCUT2D eigenvalue weighted by atomic mass is 9.82. The number of aldehydes is 1. The fraction of sp³-hybridized carbons (Fsp3) is 0.864. The molecule has 142 valence electrons. The van der Waals surface area contributed by atoms with Crippen LogP contribution in [0.2, 0.25) is 0 Å². The van der Waals surface area contributed by atoms with Crippen LogP contribution in [0, 0.1) is 5.92 Å². The molecule has 1 rings (SSSR count). The summed E-state index contributed by atoms with van der Waals surface area (Å²) >= 11 is 0. The van der Waals surface area contributed by atoms with Crippen molar-refractivity contribution in [3.8, 4) is 0 Å². The van der Waals surface area contributed by atoms with Crippen molar-refractivity contribution in [2.24, 2.45) is 5.92 Å². The van der Waals surface area contributed by atoms with Gasteiger partial charge in [-0.3, -0.25) is 4.79 Å². The van der Waals surface area contributed by atoms with Gasteiger partial charge in [0.05, 0.1) is 0 Å². The molecule has 0 unspecified atom stereocenters. The molecule has 0 heterocycles. The van der Waals surface area contributed by atoms with Gasteiger partial charge in [0.15, 0.2) is 0 Å². The smallest absolute Gasteiger partial charge is 0.145 e. The van der Waals surface area contributed by atoms with Crippen molar-refractivity contribution in [2.45, 2.75) is 103 Å². The summed E-state index contributed by atoms with van der Waals surface area (Å²) in [6, 6.07) is 0.870. The van der Waals surface area contributed by atoms with E-state index in [9.17, 15) is 4.79 Å². The molecule has 0 aliphatic heterocycles. The van der Waals surface area contributed by atoms with Crippen LogP contribution in [0.25, 0.3) is 0 Å². The summed E-state index contributed by atoms with van der Waals surface area (Å²) < 4.78 is 0. The van der Waals surface area contributed by atoms with Crippen molar-refractivity contribution in [1.82, 2.24) is 4.90 Å². The number of hydrogen-bond donors (Lipinski definition) is 0. The van der Waals surface area contributed by atoms with Crippen LogP contribution in [0.4, 0.5) is 0 Å². The van der Waals surface area contributed by atoms with E-state index in [1.165, 1.54) is 83.5 Å². The van der Waals surface area contributed by atoms with Gasteiger partial charge in [0.1, 0.15) is 6.29 Å². The van der Waals surface area contributed by atoms with Crippen LogP contribution in [-0.2, 0) is 4.79 Å². The highest BCUT2D eigenvalue weighted by atomic mass is 16.1. The van der Waals surface area contributed by atoms with E-state index in [1.54, 1.807) is 6.92 Å². The minimum absolute atomic E-state index is 0.574. The molecule has 0 amide bonds. The summed E-state index contributed by atoms with van der Waals surface area (Å²) in [6.45, 7) is 7.26. The highest BCUT2D eigenvalue weighted by Crippen LogP contribution is 2.30. The van der Waals surface area contributed by atoms with Crippen molar-refractivity contribution in [1.29, 1.82) is 0 Å². The molecule has 0 aromatic rings. The standard InChI is InChI=1S/C18H37N.C4H6O/c1-4-5-6-7-8-9-10-11-12-17-13-15-18(16-14-17)19(2)3;1-4(2)3-5/h17-18H,4-16H2,1-3H3;3H,1H2,2H3. The molecule has 0 bridgehead atoms. The van der Waals surface area contributed by atoms with Gasteiger partial charge >= 0.3 is 0 Å². The second kappa shape index (κ2) is 15.9. The van der Waals surface area contributed by atoms with E-state index in [0.717, 1.165) is 18.2 Å². The summed E-state index contributed by atoms with van der Waals surface area (Å²) in [5, 5.41) is 0. The van der Waals surface area contributed by atoms with Crippen molar-refractivity contribution in [2.75, 3.05) is 14.1 Å². The van der Waals surface area contributed by atoms with E-state index in [0.29, 0.717) is 5.57 Å². The summed E-state index contributed by atoms with van der Waals surface area (Å²) in [7, 11) is 4.48. The SMILES string of the molecule is C=C(C)C=O.CCCCCCCCCCC1CCC(N(C)C)CC1. The number of nitrogens with zero attached hydrogens (tertiary/aromatic N) is 1. The highest BCUT2D eigenvalue weighted by molar-refractivity contribution is 5.70. The van der Waals surface area contributed by atoms with Gasteiger partial charge < -0.3 is 4.90 Å². The summed E-state index contributed by atoms with van der Waals surface area (Å²) in [5.41, 5.74) is 0.574. The predicted molar refractivity (Wildman–Crippen MR) is 108 cm³/mol. The first-order valence-corrected chi connectivity index (χ1v) is 10.3. The van der Waals surface area contributed by atoms with E-state index < -0.39 is 0 Å². The maximum Gasteiger partial charge on any atom is 0.145 e. The summed E-state index contributed by atoms with van der Waals surface area (Å²) in [4.78, 5) is 11.8. The highest BCUT2D eigenvalue weighted by Gasteiger charge is 2.21. The Kier molecular flexibility index (Phi) is 15.5. The third kappa shape index (κ3) is 13.8. The number of allylic oxidation sites excluding steroid dienone is 1. The molecule has 0 atom stereocenters. The zero-order chi connectivity index (χ0) is 18.2. The van der Waals surface area contributed by atoms with E-state index in [1.807, 2.05) is 0 Å². The molecule has 0 saturated heterocycles. The van der Waals surface area contributed by atoms with Gasteiger partial charge in [0.2, 0.25) is 0 Å². The van der Waals surface area contributed by atoms with E-state index in [-0.39, 0.29) is 0 Å². The molecule has 1 saturated carbocycles. The molecule has 1 fully saturated rings. The Morgan fingerprint density at radius 3 is 1.83 bits per heavy atom. The maximum atomic E-state index is 9.41. The topological polar surface area (TPSA) is 20.3 Å². The minimum atomic E-state index is 0.574. The summed E-state index contributed by atoms with van der Waals surface area (Å²) in [6.07, 6.45) is 19.8. The zero-order valence-electron chi connectivity index (χ0n) is 17.0. The van der Waals surface area contributed by atoms with Crippen LogP contribution in [0.5, 0.6) is 0 Å². The second-order valence-electron chi connectivity index (χ2n) is 7.87. The monoisotopic (exact) mass is 337 g/mol. The van der Waals surface area contributed by atoms with Crippen LogP contribution in [-0.4, -0.2) is 31.3 Å². The lowest BCUT2D eigenvalue weighted by Gasteiger charge is -2.32. The Bertz CT molecular complexity index is 303. The van der Waals surface area contributed by atoms with Crippen LogP contribution >= 0.6 is 0 Å². The number of hydrogen-bond acceptors (Lipinski definition) is 2. The minimum Gasteiger partial charge on any atom is -0.306 e. The van der Waals surface area contributed by atoms with Crippen LogP contribution in [0.1, 0.15) is 97.3 Å². The Hall–Kier alpha value is -0.630. The van der Waals surface area contributed by atoms with Crippen LogP contribution in [0.15, 0.2) is 12.2 Å². The molecule has 24 heavy (non-hydrogen) atoms. The molecule has 0 N–H and O–H groups in total. The third-order valence-electron chi connectivity index (χ3n) is 5.21. The first kappa shape index (κ1) is 23.4. The van der Waals surface area contributed by atoms with Gasteiger partial charge in [-0.15, -0.1) is 0 Å². The van der Waals surface area contributed by atoms with Gasteiger partial charge in [0.25, 0.3) is 0 Å². The Morgan fingerprint density at radius 1 is 0.958 bits per heavy atom. The third-order valence-corrected chi connectivity index (χ3v) is 5.21. The largest absolute Gasteiger partial charge is 0.306 e. The van der Waals surface area contributed by atoms with Gasteiger partial charge in [-0.25, -0.2) is 0 Å². The lowest BCUT2D eigenvalue weighted by Crippen LogP contribution is -2.32. The maximum absolute atomic E-state index is 9.41.